The molecule has 5 nitrogen and oxygen atoms in total. The van der Waals surface area contributed by atoms with Gasteiger partial charge in [-0.15, -0.1) is 0 Å². The number of nitrogens with two attached hydrogens (primary N) is 1. The summed E-state index contributed by atoms with van der Waals surface area (Å²) in [5.74, 6) is 1.57. The van der Waals surface area contributed by atoms with Gasteiger partial charge in [0.05, 0.1) is 24.9 Å². The molecule has 0 saturated carbocycles. The Hall–Kier alpha value is -1.85. The van der Waals surface area contributed by atoms with Gasteiger partial charge in [-0.05, 0) is 18.2 Å². The zero-order chi connectivity index (χ0) is 13.8. The van der Waals surface area contributed by atoms with Crippen molar-refractivity contribution in [1.82, 2.24) is 9.97 Å². The molecule has 6 heteroatoms. The average Bonchev–Trinajstić information content (AvgIpc) is 2.46. The number of hydrogen-bond acceptors (Lipinski definition) is 5. The van der Waals surface area contributed by atoms with Gasteiger partial charge >= 0.3 is 0 Å². The van der Waals surface area contributed by atoms with Gasteiger partial charge in [0.2, 0.25) is 0 Å². The summed E-state index contributed by atoms with van der Waals surface area (Å²) >= 11 is 6.15. The second-order valence-electron chi connectivity index (χ2n) is 3.77. The van der Waals surface area contributed by atoms with Crippen LogP contribution < -0.4 is 15.2 Å². The monoisotopic (exact) mass is 279 g/mol. The number of aromatic nitrogens is 2. The molecule has 1 aromatic heterocycles. The summed E-state index contributed by atoms with van der Waals surface area (Å²) in [4.78, 5) is 8.55. The minimum atomic E-state index is 0.358. The highest BCUT2D eigenvalue weighted by atomic mass is 35.5. The maximum Gasteiger partial charge on any atom is 0.179 e. The molecule has 0 aliphatic heterocycles. The Morgan fingerprint density at radius 3 is 2.68 bits per heavy atom. The van der Waals surface area contributed by atoms with Gasteiger partial charge in [-0.3, -0.25) is 0 Å². The fourth-order valence-corrected chi connectivity index (χ4v) is 1.98. The molecule has 0 fully saturated rings. The Morgan fingerprint density at radius 1 is 1.26 bits per heavy atom. The fourth-order valence-electron chi connectivity index (χ4n) is 1.70. The van der Waals surface area contributed by atoms with Crippen molar-refractivity contribution in [3.05, 3.63) is 35.1 Å². The molecule has 0 aliphatic carbocycles. The highest BCUT2D eigenvalue weighted by Crippen LogP contribution is 2.38. The highest BCUT2D eigenvalue weighted by Gasteiger charge is 2.13. The molecular weight excluding hydrogens is 266 g/mol. The van der Waals surface area contributed by atoms with Gasteiger partial charge in [0.15, 0.2) is 17.3 Å². The molecular formula is C13H14ClN3O2. The SMILES string of the molecule is COc1cc(-c2nccc(CN)n2)cc(Cl)c1OC. The maximum absolute atomic E-state index is 6.15. The Labute approximate surface area is 116 Å². The topological polar surface area (TPSA) is 70.3 Å². The lowest BCUT2D eigenvalue weighted by Crippen LogP contribution is -2.01. The van der Waals surface area contributed by atoms with Crippen LogP contribution in [0.1, 0.15) is 5.69 Å². The van der Waals surface area contributed by atoms with Crippen molar-refractivity contribution in [2.24, 2.45) is 5.73 Å². The van der Waals surface area contributed by atoms with Gasteiger partial charge < -0.3 is 15.2 Å². The van der Waals surface area contributed by atoms with Gasteiger partial charge in [-0.1, -0.05) is 11.6 Å². The van der Waals surface area contributed by atoms with Gasteiger partial charge in [0, 0.05) is 18.3 Å². The Morgan fingerprint density at radius 2 is 2.05 bits per heavy atom. The van der Waals surface area contributed by atoms with Crippen LogP contribution in [0.25, 0.3) is 11.4 Å². The molecule has 1 heterocycles. The first-order valence-electron chi connectivity index (χ1n) is 5.63. The van der Waals surface area contributed by atoms with Crippen molar-refractivity contribution in [2.45, 2.75) is 6.54 Å². The number of methoxy groups -OCH3 is 2. The standard InChI is InChI=1S/C13H14ClN3O2/c1-18-11-6-8(5-10(14)12(11)19-2)13-16-4-3-9(7-15)17-13/h3-6H,7,15H2,1-2H3. The van der Waals surface area contributed by atoms with Crippen LogP contribution in [0, 0.1) is 0 Å². The fraction of sp³-hybridized carbons (Fsp3) is 0.231. The third-order valence-corrected chi connectivity index (χ3v) is 2.89. The van der Waals surface area contributed by atoms with E-state index in [9.17, 15) is 0 Å². The van der Waals surface area contributed by atoms with Crippen LogP contribution in [-0.4, -0.2) is 24.2 Å². The lowest BCUT2D eigenvalue weighted by molar-refractivity contribution is 0.355. The molecule has 0 aliphatic rings. The van der Waals surface area contributed by atoms with Gasteiger partial charge in [-0.25, -0.2) is 9.97 Å². The first-order chi connectivity index (χ1) is 9.19. The molecule has 0 spiro atoms. The van der Waals surface area contributed by atoms with Gasteiger partial charge in [-0.2, -0.15) is 0 Å². The van der Waals surface area contributed by atoms with Crippen LogP contribution in [0.2, 0.25) is 5.02 Å². The zero-order valence-corrected chi connectivity index (χ0v) is 11.4. The number of ether oxygens (including phenoxy) is 2. The Kier molecular flexibility index (Phi) is 4.19. The van der Waals surface area contributed by atoms with E-state index in [4.69, 9.17) is 26.8 Å². The van der Waals surface area contributed by atoms with Crippen molar-refractivity contribution >= 4 is 11.6 Å². The van der Waals surface area contributed by atoms with E-state index in [0.717, 1.165) is 11.3 Å². The minimum absolute atomic E-state index is 0.358. The first-order valence-corrected chi connectivity index (χ1v) is 6.01. The third-order valence-electron chi connectivity index (χ3n) is 2.61. The van der Waals surface area contributed by atoms with Crippen LogP contribution in [0.15, 0.2) is 24.4 Å². The molecule has 1 aromatic carbocycles. The zero-order valence-electron chi connectivity index (χ0n) is 10.7. The Balaban J connectivity index is 2.53. The molecule has 100 valence electrons. The van der Waals surface area contributed by atoms with Crippen LogP contribution in [0.5, 0.6) is 11.5 Å². The largest absolute Gasteiger partial charge is 0.493 e. The summed E-state index contributed by atoms with van der Waals surface area (Å²) in [6, 6.07) is 5.28. The summed E-state index contributed by atoms with van der Waals surface area (Å²) < 4.78 is 10.4. The molecule has 2 rings (SSSR count). The second kappa shape index (κ2) is 5.86. The summed E-state index contributed by atoms with van der Waals surface area (Å²) in [5.41, 5.74) is 7.08. The van der Waals surface area contributed by atoms with Crippen LogP contribution in [0.4, 0.5) is 0 Å². The molecule has 2 N–H and O–H groups in total. The number of benzene rings is 1. The van der Waals surface area contributed by atoms with E-state index in [1.165, 1.54) is 7.11 Å². The summed E-state index contributed by atoms with van der Waals surface area (Å²) in [7, 11) is 3.09. The van der Waals surface area contributed by atoms with E-state index < -0.39 is 0 Å². The van der Waals surface area contributed by atoms with Crippen molar-refractivity contribution in [2.75, 3.05) is 14.2 Å². The lowest BCUT2D eigenvalue weighted by Gasteiger charge is -2.11. The van der Waals surface area contributed by atoms with Crippen LogP contribution in [0.3, 0.4) is 0 Å². The van der Waals surface area contributed by atoms with E-state index in [0.29, 0.717) is 28.9 Å². The van der Waals surface area contributed by atoms with Gasteiger partial charge in [0.1, 0.15) is 0 Å². The van der Waals surface area contributed by atoms with Crippen molar-refractivity contribution in [3.8, 4) is 22.9 Å². The lowest BCUT2D eigenvalue weighted by atomic mass is 10.2. The summed E-state index contributed by atoms with van der Waals surface area (Å²) in [6.45, 7) is 0.358. The summed E-state index contributed by atoms with van der Waals surface area (Å²) in [6.07, 6.45) is 1.66. The van der Waals surface area contributed by atoms with Crippen LogP contribution in [-0.2, 0) is 6.54 Å². The van der Waals surface area contributed by atoms with E-state index in [2.05, 4.69) is 9.97 Å². The Bertz CT molecular complexity index is 590. The third kappa shape index (κ3) is 2.77. The number of nitrogens with zero attached hydrogens (tertiary/aromatic N) is 2. The summed E-state index contributed by atoms with van der Waals surface area (Å²) in [5, 5.41) is 0.443. The molecule has 0 atom stereocenters. The smallest absolute Gasteiger partial charge is 0.179 e. The highest BCUT2D eigenvalue weighted by molar-refractivity contribution is 6.32. The minimum Gasteiger partial charge on any atom is -0.493 e. The molecule has 0 amide bonds. The quantitative estimate of drug-likeness (QED) is 0.930. The number of rotatable bonds is 4. The molecule has 0 bridgehead atoms. The molecule has 0 saturated heterocycles. The predicted molar refractivity (Wildman–Crippen MR) is 73.5 cm³/mol. The van der Waals surface area contributed by atoms with Crippen LogP contribution >= 0.6 is 11.6 Å². The predicted octanol–water partition coefficient (Wildman–Crippen LogP) is 2.27. The van der Waals surface area contributed by atoms with Crippen molar-refractivity contribution in [1.29, 1.82) is 0 Å². The first kappa shape index (κ1) is 13.6. The average molecular weight is 280 g/mol. The number of halogens is 1. The van der Waals surface area contributed by atoms with E-state index in [1.54, 1.807) is 31.5 Å². The second-order valence-corrected chi connectivity index (χ2v) is 4.18. The molecule has 0 unspecified atom stereocenters. The van der Waals surface area contributed by atoms with Crippen molar-refractivity contribution < 1.29 is 9.47 Å². The van der Waals surface area contributed by atoms with Gasteiger partial charge in [0.25, 0.3) is 0 Å². The van der Waals surface area contributed by atoms with E-state index in [1.807, 2.05) is 0 Å². The number of hydrogen-bond donors (Lipinski definition) is 1. The van der Waals surface area contributed by atoms with E-state index in [-0.39, 0.29) is 0 Å². The molecule has 2 aromatic rings. The van der Waals surface area contributed by atoms with Crippen molar-refractivity contribution in [3.63, 3.8) is 0 Å². The maximum atomic E-state index is 6.15. The molecule has 19 heavy (non-hydrogen) atoms. The van der Waals surface area contributed by atoms with E-state index >= 15 is 0 Å². The molecule has 0 radical (unpaired) electrons. The normalized spacial score (nSPS) is 10.3.